The summed E-state index contributed by atoms with van der Waals surface area (Å²) in [5, 5.41) is 22.2. The van der Waals surface area contributed by atoms with E-state index in [4.69, 9.17) is 0 Å². The smallest absolute Gasteiger partial charge is 0.387 e. The highest BCUT2D eigenvalue weighted by Crippen LogP contribution is 2.31. The zero-order valence-electron chi connectivity index (χ0n) is 18.0. The van der Waals surface area contributed by atoms with Crippen LogP contribution in [0.4, 0.5) is 20.2 Å². The molecule has 2 heterocycles. The molecule has 3 N–H and O–H groups in total. The van der Waals surface area contributed by atoms with Crippen LogP contribution in [0.25, 0.3) is 22.0 Å². The SMILES string of the molecule is O=c1[nH]nc(-c2ccc(N3CCC(Nc4cccc(OC(F)F)c4)C3O)cc2)c2ccccc12. The van der Waals surface area contributed by atoms with Crippen LogP contribution in [0, 0.1) is 0 Å². The molecular formula is C25H22F2N4O3. The molecule has 2 unspecified atom stereocenters. The summed E-state index contributed by atoms with van der Waals surface area (Å²) in [5.74, 6) is 0.0586. The zero-order chi connectivity index (χ0) is 23.7. The number of aromatic amines is 1. The van der Waals surface area contributed by atoms with Gasteiger partial charge in [0.2, 0.25) is 0 Å². The summed E-state index contributed by atoms with van der Waals surface area (Å²) in [4.78, 5) is 13.9. The molecule has 0 amide bonds. The summed E-state index contributed by atoms with van der Waals surface area (Å²) >= 11 is 0. The molecule has 5 rings (SSSR count). The average Bonchev–Trinajstić information content (AvgIpc) is 3.19. The Labute approximate surface area is 193 Å². The minimum atomic E-state index is -2.89. The van der Waals surface area contributed by atoms with Crippen LogP contribution in [0.3, 0.4) is 0 Å². The zero-order valence-corrected chi connectivity index (χ0v) is 18.0. The Balaban J connectivity index is 1.32. The van der Waals surface area contributed by atoms with Crippen molar-refractivity contribution in [2.75, 3.05) is 16.8 Å². The number of alkyl halides is 2. The van der Waals surface area contributed by atoms with Crippen LogP contribution in [0.2, 0.25) is 0 Å². The molecule has 0 saturated carbocycles. The summed E-state index contributed by atoms with van der Waals surface area (Å²) in [5.41, 5.74) is 2.71. The topological polar surface area (TPSA) is 90.5 Å². The molecule has 0 radical (unpaired) electrons. The van der Waals surface area contributed by atoms with Gasteiger partial charge in [0, 0.05) is 34.9 Å². The van der Waals surface area contributed by atoms with Crippen LogP contribution in [-0.2, 0) is 0 Å². The molecule has 3 aromatic carbocycles. The third kappa shape index (κ3) is 4.29. The molecule has 34 heavy (non-hydrogen) atoms. The van der Waals surface area contributed by atoms with E-state index in [-0.39, 0.29) is 17.4 Å². The summed E-state index contributed by atoms with van der Waals surface area (Å²) < 4.78 is 29.4. The number of H-pyrrole nitrogens is 1. The largest absolute Gasteiger partial charge is 0.435 e. The molecule has 1 aromatic heterocycles. The second kappa shape index (κ2) is 9.11. The summed E-state index contributed by atoms with van der Waals surface area (Å²) in [6.07, 6.45) is -0.146. The normalized spacial score (nSPS) is 17.9. The number of rotatable bonds is 6. The van der Waals surface area contributed by atoms with Gasteiger partial charge in [-0.05, 0) is 36.8 Å². The fourth-order valence-electron chi connectivity index (χ4n) is 4.33. The third-order valence-electron chi connectivity index (χ3n) is 5.94. The molecule has 1 aliphatic rings. The van der Waals surface area contributed by atoms with E-state index in [1.54, 1.807) is 18.2 Å². The molecule has 0 bridgehead atoms. The van der Waals surface area contributed by atoms with E-state index in [0.717, 1.165) is 16.6 Å². The van der Waals surface area contributed by atoms with Crippen LogP contribution in [-0.4, -0.2) is 40.7 Å². The van der Waals surface area contributed by atoms with Gasteiger partial charge in [-0.3, -0.25) is 4.79 Å². The van der Waals surface area contributed by atoms with Crippen LogP contribution >= 0.6 is 0 Å². The fraction of sp³-hybridized carbons (Fsp3) is 0.200. The lowest BCUT2D eigenvalue weighted by atomic mass is 10.0. The molecular weight excluding hydrogens is 442 g/mol. The van der Waals surface area contributed by atoms with Crippen LogP contribution in [0.1, 0.15) is 6.42 Å². The minimum absolute atomic E-state index is 0.0586. The van der Waals surface area contributed by atoms with Gasteiger partial charge in [0.1, 0.15) is 12.0 Å². The number of fused-ring (bicyclic) bond motifs is 1. The van der Waals surface area contributed by atoms with Gasteiger partial charge in [-0.2, -0.15) is 13.9 Å². The number of aromatic nitrogens is 2. The first-order valence-electron chi connectivity index (χ1n) is 10.8. The lowest BCUT2D eigenvalue weighted by molar-refractivity contribution is -0.0498. The van der Waals surface area contributed by atoms with Gasteiger partial charge in [0.15, 0.2) is 0 Å². The first-order valence-corrected chi connectivity index (χ1v) is 10.8. The van der Waals surface area contributed by atoms with Gasteiger partial charge < -0.3 is 20.1 Å². The highest BCUT2D eigenvalue weighted by molar-refractivity contribution is 5.93. The second-order valence-corrected chi connectivity index (χ2v) is 8.05. The van der Waals surface area contributed by atoms with Crippen LogP contribution < -0.4 is 20.5 Å². The van der Waals surface area contributed by atoms with Crippen molar-refractivity contribution in [3.63, 3.8) is 0 Å². The number of hydrogen-bond donors (Lipinski definition) is 3. The molecule has 1 aliphatic heterocycles. The lowest BCUT2D eigenvalue weighted by Gasteiger charge is -2.26. The number of aliphatic hydroxyl groups excluding tert-OH is 1. The van der Waals surface area contributed by atoms with Crippen molar-refractivity contribution in [3.05, 3.63) is 83.2 Å². The molecule has 4 aromatic rings. The van der Waals surface area contributed by atoms with E-state index in [2.05, 4.69) is 20.3 Å². The molecule has 2 atom stereocenters. The van der Waals surface area contributed by atoms with Gasteiger partial charge in [-0.1, -0.05) is 36.4 Å². The average molecular weight is 464 g/mol. The van der Waals surface area contributed by atoms with Crippen molar-refractivity contribution >= 4 is 22.1 Å². The molecule has 0 aliphatic carbocycles. The number of nitrogens with one attached hydrogen (secondary N) is 2. The molecule has 1 saturated heterocycles. The maximum atomic E-state index is 12.5. The number of benzene rings is 3. The van der Waals surface area contributed by atoms with E-state index in [1.165, 1.54) is 12.1 Å². The van der Waals surface area contributed by atoms with Gasteiger partial charge in [-0.25, -0.2) is 5.10 Å². The van der Waals surface area contributed by atoms with Crippen molar-refractivity contribution in [1.82, 2.24) is 10.2 Å². The Morgan fingerprint density at radius 2 is 1.82 bits per heavy atom. The third-order valence-corrected chi connectivity index (χ3v) is 5.94. The minimum Gasteiger partial charge on any atom is -0.435 e. The Morgan fingerprint density at radius 3 is 2.59 bits per heavy atom. The Kier molecular flexibility index (Phi) is 5.85. The molecule has 1 fully saturated rings. The number of anilines is 2. The highest BCUT2D eigenvalue weighted by Gasteiger charge is 2.32. The second-order valence-electron chi connectivity index (χ2n) is 8.05. The molecule has 0 spiro atoms. The lowest BCUT2D eigenvalue weighted by Crippen LogP contribution is -2.38. The Morgan fingerprint density at radius 1 is 1.06 bits per heavy atom. The quantitative estimate of drug-likeness (QED) is 0.396. The van der Waals surface area contributed by atoms with Gasteiger partial charge in [-0.15, -0.1) is 0 Å². The van der Waals surface area contributed by atoms with Crippen LogP contribution in [0.5, 0.6) is 5.75 Å². The maximum Gasteiger partial charge on any atom is 0.387 e. The number of aliphatic hydroxyl groups is 1. The van der Waals surface area contributed by atoms with E-state index in [9.17, 15) is 18.7 Å². The van der Waals surface area contributed by atoms with Gasteiger partial charge in [0.25, 0.3) is 5.56 Å². The first-order chi connectivity index (χ1) is 16.5. The number of hydrogen-bond acceptors (Lipinski definition) is 6. The van der Waals surface area contributed by atoms with Crippen molar-refractivity contribution in [2.45, 2.75) is 25.3 Å². The standard InChI is InChI=1S/C25H22F2N4O3/c26-25(27)34-18-5-3-4-16(14-18)28-21-12-13-31(24(21)33)17-10-8-15(9-11-17)22-19-6-1-2-7-20(19)23(32)30-29-22/h1-11,14,21,24-25,28,33H,12-13H2,(H,30,32). The number of ether oxygens (including phenoxy) is 1. The first kappa shape index (κ1) is 21.8. The predicted molar refractivity (Wildman–Crippen MR) is 126 cm³/mol. The van der Waals surface area contributed by atoms with E-state index < -0.39 is 12.8 Å². The fourth-order valence-corrected chi connectivity index (χ4v) is 4.33. The van der Waals surface area contributed by atoms with Gasteiger partial charge >= 0.3 is 6.61 Å². The Bertz CT molecular complexity index is 1360. The molecule has 9 heteroatoms. The molecule has 7 nitrogen and oxygen atoms in total. The summed E-state index contributed by atoms with van der Waals surface area (Å²) in [6, 6.07) is 20.9. The summed E-state index contributed by atoms with van der Waals surface area (Å²) in [6.45, 7) is -2.28. The van der Waals surface area contributed by atoms with E-state index >= 15 is 0 Å². The van der Waals surface area contributed by atoms with Crippen molar-refractivity contribution in [2.24, 2.45) is 0 Å². The number of nitrogens with zero attached hydrogens (tertiary/aromatic N) is 2. The van der Waals surface area contributed by atoms with Crippen molar-refractivity contribution in [1.29, 1.82) is 0 Å². The summed E-state index contributed by atoms with van der Waals surface area (Å²) in [7, 11) is 0. The number of halogens is 2. The maximum absolute atomic E-state index is 12.5. The monoisotopic (exact) mass is 464 g/mol. The molecule has 174 valence electrons. The Hall–Kier alpha value is -3.98. The van der Waals surface area contributed by atoms with Gasteiger partial charge in [0.05, 0.1) is 17.1 Å². The predicted octanol–water partition coefficient (Wildman–Crippen LogP) is 4.20. The van der Waals surface area contributed by atoms with E-state index in [1.807, 2.05) is 47.4 Å². The van der Waals surface area contributed by atoms with E-state index in [0.29, 0.717) is 29.7 Å². The van der Waals surface area contributed by atoms with Crippen LogP contribution in [0.15, 0.2) is 77.6 Å². The van der Waals surface area contributed by atoms with Crippen molar-refractivity contribution in [3.8, 4) is 17.0 Å². The highest BCUT2D eigenvalue weighted by atomic mass is 19.3. The van der Waals surface area contributed by atoms with Crippen molar-refractivity contribution < 1.29 is 18.6 Å².